The molecule has 0 heterocycles. The molecule has 0 radical (unpaired) electrons. The normalized spacial score (nSPS) is 11.9. The number of hydrogen-bond donors (Lipinski definition) is 2. The van der Waals surface area contributed by atoms with Crippen LogP contribution in [0.4, 0.5) is 5.69 Å². The molecule has 0 saturated heterocycles. The van der Waals surface area contributed by atoms with Gasteiger partial charge in [-0.1, -0.05) is 26.0 Å². The van der Waals surface area contributed by atoms with Gasteiger partial charge >= 0.3 is 0 Å². The molecule has 0 spiro atoms. The molecule has 2 aromatic carbocycles. The summed E-state index contributed by atoms with van der Waals surface area (Å²) in [5.74, 6) is 2.00. The molecule has 140 valence electrons. The monoisotopic (exact) mass is 357 g/mol. The second-order valence-corrected chi connectivity index (χ2v) is 6.81. The van der Waals surface area contributed by atoms with Crippen LogP contribution in [0.1, 0.15) is 30.9 Å². The molecule has 2 rings (SSSR count). The van der Waals surface area contributed by atoms with Crippen molar-refractivity contribution >= 4 is 11.6 Å². The van der Waals surface area contributed by atoms with Crippen LogP contribution in [0.3, 0.4) is 0 Å². The Kier molecular flexibility index (Phi) is 7.04. The van der Waals surface area contributed by atoms with E-state index in [4.69, 9.17) is 9.47 Å². The van der Waals surface area contributed by atoms with E-state index in [1.165, 1.54) is 5.56 Å². The van der Waals surface area contributed by atoms with Gasteiger partial charge in [-0.25, -0.2) is 0 Å². The molecule has 1 unspecified atom stereocenters. The molecule has 0 bridgehead atoms. The minimum absolute atomic E-state index is 0.00715. The number of likely N-dealkylation sites (N-methyl/N-ethyl adjacent to an activating group) is 1. The summed E-state index contributed by atoms with van der Waals surface area (Å²) >= 11 is 0. The standard InChI is InChI=1S/C21H28N2O3/c1-15(2)16-6-9-18(10-7-16)22-21(24)14-23(3)13-17-8-11-19(25-4)12-20(17)26-5/h6-12,15H,13-14H2,1-5H3,(H,22,24)/p+1. The molecule has 0 aromatic heterocycles. The van der Waals surface area contributed by atoms with Crippen LogP contribution in [0.25, 0.3) is 0 Å². The lowest BCUT2D eigenvalue weighted by Crippen LogP contribution is -3.08. The maximum atomic E-state index is 12.3. The number of benzene rings is 2. The van der Waals surface area contributed by atoms with Crippen molar-refractivity contribution in [3.05, 3.63) is 53.6 Å². The van der Waals surface area contributed by atoms with E-state index in [1.807, 2.05) is 37.4 Å². The van der Waals surface area contributed by atoms with Gasteiger partial charge in [0.1, 0.15) is 18.0 Å². The summed E-state index contributed by atoms with van der Waals surface area (Å²) in [7, 11) is 5.26. The number of ether oxygens (including phenoxy) is 2. The highest BCUT2D eigenvalue weighted by Crippen LogP contribution is 2.23. The van der Waals surface area contributed by atoms with Crippen LogP contribution < -0.4 is 19.7 Å². The molecule has 0 saturated carbocycles. The van der Waals surface area contributed by atoms with Crippen molar-refractivity contribution in [1.82, 2.24) is 0 Å². The van der Waals surface area contributed by atoms with E-state index in [0.29, 0.717) is 19.0 Å². The number of quaternary nitrogens is 1. The lowest BCUT2D eigenvalue weighted by Gasteiger charge is -2.16. The Labute approximate surface area is 155 Å². The highest BCUT2D eigenvalue weighted by Gasteiger charge is 2.14. The number of methoxy groups -OCH3 is 2. The van der Waals surface area contributed by atoms with E-state index in [1.54, 1.807) is 14.2 Å². The minimum atomic E-state index is -0.00715. The lowest BCUT2D eigenvalue weighted by atomic mass is 10.0. The molecule has 26 heavy (non-hydrogen) atoms. The first-order valence-corrected chi connectivity index (χ1v) is 8.85. The van der Waals surface area contributed by atoms with Gasteiger partial charge in [-0.3, -0.25) is 4.79 Å². The topological polar surface area (TPSA) is 52.0 Å². The van der Waals surface area contributed by atoms with Crippen LogP contribution in [0.15, 0.2) is 42.5 Å². The number of rotatable bonds is 8. The molecule has 1 amide bonds. The average Bonchev–Trinajstić information content (AvgIpc) is 2.62. The maximum Gasteiger partial charge on any atom is 0.279 e. The number of carbonyl (C=O) groups is 1. The van der Waals surface area contributed by atoms with Gasteiger partial charge in [-0.15, -0.1) is 0 Å². The van der Waals surface area contributed by atoms with Crippen LogP contribution in [-0.2, 0) is 11.3 Å². The third-order valence-electron chi connectivity index (χ3n) is 4.31. The first-order chi connectivity index (χ1) is 12.4. The number of nitrogens with one attached hydrogen (secondary N) is 2. The number of carbonyl (C=O) groups excluding carboxylic acids is 1. The van der Waals surface area contributed by atoms with E-state index in [0.717, 1.165) is 27.6 Å². The Morgan fingerprint density at radius 2 is 1.77 bits per heavy atom. The predicted molar refractivity (Wildman–Crippen MR) is 104 cm³/mol. The Morgan fingerprint density at radius 3 is 2.35 bits per heavy atom. The zero-order chi connectivity index (χ0) is 19.1. The SMILES string of the molecule is COc1ccc(C[NH+](C)CC(=O)Nc2ccc(C(C)C)cc2)c(OC)c1. The Morgan fingerprint density at radius 1 is 1.08 bits per heavy atom. The first-order valence-electron chi connectivity index (χ1n) is 8.85. The van der Waals surface area contributed by atoms with Gasteiger partial charge < -0.3 is 19.7 Å². The largest absolute Gasteiger partial charge is 0.497 e. The summed E-state index contributed by atoms with van der Waals surface area (Å²) in [6, 6.07) is 13.8. The summed E-state index contributed by atoms with van der Waals surface area (Å²) in [4.78, 5) is 13.4. The number of amides is 1. The van der Waals surface area contributed by atoms with Crippen LogP contribution >= 0.6 is 0 Å². The minimum Gasteiger partial charge on any atom is -0.497 e. The van der Waals surface area contributed by atoms with E-state index in [2.05, 4.69) is 31.3 Å². The zero-order valence-corrected chi connectivity index (χ0v) is 16.3. The highest BCUT2D eigenvalue weighted by molar-refractivity contribution is 5.91. The van der Waals surface area contributed by atoms with Gasteiger partial charge in [0.05, 0.1) is 21.3 Å². The molecule has 0 aliphatic heterocycles. The van der Waals surface area contributed by atoms with Gasteiger partial charge in [-0.05, 0) is 35.7 Å². The zero-order valence-electron chi connectivity index (χ0n) is 16.3. The van der Waals surface area contributed by atoms with Gasteiger partial charge in [0.15, 0.2) is 6.54 Å². The lowest BCUT2D eigenvalue weighted by molar-refractivity contribution is -0.885. The Hall–Kier alpha value is -2.53. The van der Waals surface area contributed by atoms with Crippen molar-refractivity contribution in [2.24, 2.45) is 0 Å². The van der Waals surface area contributed by atoms with Gasteiger partial charge in [-0.2, -0.15) is 0 Å². The molecule has 5 nitrogen and oxygen atoms in total. The van der Waals surface area contributed by atoms with Gasteiger partial charge in [0.2, 0.25) is 0 Å². The van der Waals surface area contributed by atoms with Crippen molar-refractivity contribution in [1.29, 1.82) is 0 Å². The fourth-order valence-electron chi connectivity index (χ4n) is 2.82. The fourth-order valence-corrected chi connectivity index (χ4v) is 2.82. The molecule has 2 aromatic rings. The molecule has 0 aliphatic carbocycles. The highest BCUT2D eigenvalue weighted by atomic mass is 16.5. The second-order valence-electron chi connectivity index (χ2n) is 6.81. The van der Waals surface area contributed by atoms with Crippen LogP contribution in [0.5, 0.6) is 11.5 Å². The van der Waals surface area contributed by atoms with Crippen LogP contribution in [0, 0.1) is 0 Å². The smallest absolute Gasteiger partial charge is 0.279 e. The quantitative estimate of drug-likeness (QED) is 0.763. The van der Waals surface area contributed by atoms with E-state index in [-0.39, 0.29) is 5.91 Å². The average molecular weight is 357 g/mol. The van der Waals surface area contributed by atoms with E-state index < -0.39 is 0 Å². The second kappa shape index (κ2) is 9.25. The summed E-state index contributed by atoms with van der Waals surface area (Å²) in [5, 5.41) is 2.96. The molecular weight excluding hydrogens is 328 g/mol. The number of hydrogen-bond acceptors (Lipinski definition) is 3. The third kappa shape index (κ3) is 5.49. The van der Waals surface area contributed by atoms with Crippen molar-refractivity contribution in [3.8, 4) is 11.5 Å². The van der Waals surface area contributed by atoms with Crippen molar-refractivity contribution in [3.63, 3.8) is 0 Å². The van der Waals surface area contributed by atoms with Crippen molar-refractivity contribution in [2.45, 2.75) is 26.3 Å². The van der Waals surface area contributed by atoms with E-state index >= 15 is 0 Å². The van der Waals surface area contributed by atoms with Crippen molar-refractivity contribution < 1.29 is 19.2 Å². The maximum absolute atomic E-state index is 12.3. The first kappa shape index (κ1) is 19.8. The number of anilines is 1. The van der Waals surface area contributed by atoms with Crippen LogP contribution in [0.2, 0.25) is 0 Å². The fraction of sp³-hybridized carbons (Fsp3) is 0.381. The molecule has 0 aliphatic rings. The predicted octanol–water partition coefficient (Wildman–Crippen LogP) is 2.48. The summed E-state index contributed by atoms with van der Waals surface area (Å²) < 4.78 is 10.6. The van der Waals surface area contributed by atoms with Gasteiger partial charge in [0.25, 0.3) is 5.91 Å². The molecular formula is C21H29N2O3+. The Bertz CT molecular complexity index is 727. The molecule has 0 fully saturated rings. The third-order valence-corrected chi connectivity index (χ3v) is 4.31. The summed E-state index contributed by atoms with van der Waals surface area (Å²) in [6.07, 6.45) is 0. The van der Waals surface area contributed by atoms with Gasteiger partial charge in [0, 0.05) is 17.3 Å². The molecule has 1 atom stereocenters. The summed E-state index contributed by atoms with van der Waals surface area (Å²) in [5.41, 5.74) is 3.13. The van der Waals surface area contributed by atoms with E-state index in [9.17, 15) is 4.79 Å². The van der Waals surface area contributed by atoms with Crippen molar-refractivity contribution in [2.75, 3.05) is 33.1 Å². The Balaban J connectivity index is 1.92. The van der Waals surface area contributed by atoms with Crippen LogP contribution in [-0.4, -0.2) is 33.7 Å². The summed E-state index contributed by atoms with van der Waals surface area (Å²) in [6.45, 7) is 5.37. The molecule has 5 heteroatoms. The molecule has 2 N–H and O–H groups in total.